The molecule has 1 aliphatic rings. The van der Waals surface area contributed by atoms with Crippen molar-refractivity contribution in [3.05, 3.63) is 33.6 Å². The molecule has 0 bridgehead atoms. The standard InChI is InChI=1S/C17H23FN2O4/c1-10-5-11(9-17(2,3)8-10)19-14-7-13(18)12(16(21)24-4)6-15(14)20(22)23/h6-7,10-11,19H,5,8-9H2,1-4H3. The third kappa shape index (κ3) is 4.01. The highest BCUT2D eigenvalue weighted by Gasteiger charge is 2.33. The summed E-state index contributed by atoms with van der Waals surface area (Å²) in [4.78, 5) is 22.2. The molecule has 0 spiro atoms. The smallest absolute Gasteiger partial charge is 0.341 e. The first-order valence-corrected chi connectivity index (χ1v) is 7.96. The van der Waals surface area contributed by atoms with E-state index in [0.29, 0.717) is 5.92 Å². The van der Waals surface area contributed by atoms with Crippen LogP contribution in [0.3, 0.4) is 0 Å². The number of rotatable bonds is 4. The fraction of sp³-hybridized carbons (Fsp3) is 0.588. The van der Waals surface area contributed by atoms with Gasteiger partial charge in [-0.05, 0) is 30.6 Å². The number of nitro benzene ring substituents is 1. The third-order valence-corrected chi connectivity index (χ3v) is 4.43. The lowest BCUT2D eigenvalue weighted by atomic mass is 9.70. The fourth-order valence-corrected chi connectivity index (χ4v) is 3.77. The van der Waals surface area contributed by atoms with Crippen molar-refractivity contribution in [3.8, 4) is 0 Å². The SMILES string of the molecule is COC(=O)c1cc([N+](=O)[O-])c(NC2CC(C)CC(C)(C)C2)cc1F. The van der Waals surface area contributed by atoms with E-state index in [1.807, 2.05) is 0 Å². The normalized spacial score (nSPS) is 22.7. The summed E-state index contributed by atoms with van der Waals surface area (Å²) >= 11 is 0. The van der Waals surface area contributed by atoms with Crippen molar-refractivity contribution in [1.29, 1.82) is 0 Å². The Morgan fingerprint density at radius 1 is 1.42 bits per heavy atom. The highest BCUT2D eigenvalue weighted by molar-refractivity contribution is 5.91. The first-order valence-electron chi connectivity index (χ1n) is 7.96. The molecule has 1 aromatic rings. The maximum atomic E-state index is 14.2. The van der Waals surface area contributed by atoms with Crippen molar-refractivity contribution in [2.45, 2.75) is 46.1 Å². The van der Waals surface area contributed by atoms with E-state index >= 15 is 0 Å². The fourth-order valence-electron chi connectivity index (χ4n) is 3.77. The average molecular weight is 338 g/mol. The molecule has 1 aliphatic carbocycles. The second-order valence-corrected chi connectivity index (χ2v) is 7.35. The zero-order chi connectivity index (χ0) is 18.1. The molecule has 1 fully saturated rings. The molecule has 0 amide bonds. The molecule has 24 heavy (non-hydrogen) atoms. The molecule has 1 saturated carbocycles. The van der Waals surface area contributed by atoms with Gasteiger partial charge in [0, 0.05) is 18.2 Å². The van der Waals surface area contributed by atoms with Gasteiger partial charge in [0.15, 0.2) is 0 Å². The van der Waals surface area contributed by atoms with Crippen LogP contribution in [0.5, 0.6) is 0 Å². The van der Waals surface area contributed by atoms with Crippen LogP contribution in [0.1, 0.15) is 50.4 Å². The third-order valence-electron chi connectivity index (χ3n) is 4.43. The molecule has 1 aromatic carbocycles. The van der Waals surface area contributed by atoms with Gasteiger partial charge in [-0.15, -0.1) is 0 Å². The van der Waals surface area contributed by atoms with E-state index in [0.717, 1.165) is 38.5 Å². The Morgan fingerprint density at radius 2 is 2.08 bits per heavy atom. The molecule has 7 heteroatoms. The van der Waals surface area contributed by atoms with E-state index in [1.165, 1.54) is 0 Å². The van der Waals surface area contributed by atoms with E-state index in [-0.39, 0.29) is 22.8 Å². The van der Waals surface area contributed by atoms with Crippen molar-refractivity contribution in [3.63, 3.8) is 0 Å². The van der Waals surface area contributed by atoms with Crippen LogP contribution in [-0.2, 0) is 4.74 Å². The second kappa shape index (κ2) is 6.75. The van der Waals surface area contributed by atoms with Crippen LogP contribution in [-0.4, -0.2) is 24.0 Å². The van der Waals surface area contributed by atoms with Gasteiger partial charge in [0.25, 0.3) is 5.69 Å². The molecule has 132 valence electrons. The first-order chi connectivity index (χ1) is 11.1. The number of esters is 1. The van der Waals surface area contributed by atoms with Crippen LogP contribution >= 0.6 is 0 Å². The van der Waals surface area contributed by atoms with Crippen LogP contribution in [0.4, 0.5) is 15.8 Å². The van der Waals surface area contributed by atoms with Crippen molar-refractivity contribution in [2.75, 3.05) is 12.4 Å². The molecule has 2 unspecified atom stereocenters. The number of ether oxygens (including phenoxy) is 1. The minimum Gasteiger partial charge on any atom is -0.465 e. The molecular formula is C17H23FN2O4. The van der Waals surface area contributed by atoms with Gasteiger partial charge in [0.2, 0.25) is 0 Å². The van der Waals surface area contributed by atoms with E-state index in [1.54, 1.807) is 0 Å². The second-order valence-electron chi connectivity index (χ2n) is 7.35. The Kier molecular flexibility index (Phi) is 5.11. The van der Waals surface area contributed by atoms with Crippen LogP contribution in [0, 0.1) is 27.3 Å². The minimum atomic E-state index is -0.936. The van der Waals surface area contributed by atoms with Crippen molar-refractivity contribution in [2.24, 2.45) is 11.3 Å². The Balaban J connectivity index is 2.34. The predicted molar refractivity (Wildman–Crippen MR) is 88.6 cm³/mol. The lowest BCUT2D eigenvalue weighted by molar-refractivity contribution is -0.384. The van der Waals surface area contributed by atoms with Crippen LogP contribution in [0.2, 0.25) is 0 Å². The Labute approximate surface area is 140 Å². The van der Waals surface area contributed by atoms with E-state index in [9.17, 15) is 19.3 Å². The predicted octanol–water partition coefficient (Wildman–Crippen LogP) is 4.15. The van der Waals surface area contributed by atoms with Gasteiger partial charge in [-0.1, -0.05) is 20.8 Å². The van der Waals surface area contributed by atoms with E-state index in [2.05, 4.69) is 30.8 Å². The number of carbonyl (C=O) groups excluding carboxylic acids is 1. The van der Waals surface area contributed by atoms with Crippen molar-refractivity contribution >= 4 is 17.3 Å². The number of anilines is 1. The summed E-state index contributed by atoms with van der Waals surface area (Å²) in [6.07, 6.45) is 2.79. The maximum Gasteiger partial charge on any atom is 0.341 e. The number of halogens is 1. The topological polar surface area (TPSA) is 81.5 Å². The zero-order valence-electron chi connectivity index (χ0n) is 14.4. The summed E-state index contributed by atoms with van der Waals surface area (Å²) in [6.45, 7) is 6.46. The molecule has 0 heterocycles. The Hall–Kier alpha value is -2.18. The number of nitrogens with zero attached hydrogens (tertiary/aromatic N) is 1. The highest BCUT2D eigenvalue weighted by Crippen LogP contribution is 2.40. The summed E-state index contributed by atoms with van der Waals surface area (Å²) in [5, 5.41) is 14.4. The van der Waals surface area contributed by atoms with Gasteiger partial charge in [-0.3, -0.25) is 10.1 Å². The lowest BCUT2D eigenvalue weighted by Crippen LogP contribution is -2.35. The Morgan fingerprint density at radius 3 is 2.62 bits per heavy atom. The molecular weight excluding hydrogens is 315 g/mol. The molecule has 0 radical (unpaired) electrons. The maximum absolute atomic E-state index is 14.2. The minimum absolute atomic E-state index is 0.0193. The van der Waals surface area contributed by atoms with Crippen LogP contribution in [0.25, 0.3) is 0 Å². The van der Waals surface area contributed by atoms with Crippen LogP contribution < -0.4 is 5.32 Å². The Bertz CT molecular complexity index is 660. The summed E-state index contributed by atoms with van der Waals surface area (Å²) in [6, 6.07) is 1.96. The van der Waals surface area contributed by atoms with Gasteiger partial charge in [-0.2, -0.15) is 0 Å². The number of benzene rings is 1. The highest BCUT2D eigenvalue weighted by atomic mass is 19.1. The number of hydrogen-bond acceptors (Lipinski definition) is 5. The number of hydrogen-bond donors (Lipinski definition) is 1. The van der Waals surface area contributed by atoms with Gasteiger partial charge in [-0.25, -0.2) is 9.18 Å². The summed E-state index contributed by atoms with van der Waals surface area (Å²) in [5.41, 5.74) is -0.547. The quantitative estimate of drug-likeness (QED) is 0.507. The molecule has 0 aromatic heterocycles. The number of methoxy groups -OCH3 is 1. The number of nitrogens with one attached hydrogen (secondary N) is 1. The molecule has 2 rings (SSSR count). The van der Waals surface area contributed by atoms with E-state index in [4.69, 9.17) is 0 Å². The van der Waals surface area contributed by atoms with Crippen molar-refractivity contribution in [1.82, 2.24) is 0 Å². The molecule has 0 saturated heterocycles. The molecule has 1 N–H and O–H groups in total. The molecule has 0 aliphatic heterocycles. The van der Waals surface area contributed by atoms with Gasteiger partial charge >= 0.3 is 5.97 Å². The van der Waals surface area contributed by atoms with Crippen LogP contribution in [0.15, 0.2) is 12.1 Å². The molecule has 2 atom stereocenters. The lowest BCUT2D eigenvalue weighted by Gasteiger charge is -2.39. The first kappa shape index (κ1) is 18.2. The van der Waals surface area contributed by atoms with Gasteiger partial charge < -0.3 is 10.1 Å². The largest absolute Gasteiger partial charge is 0.465 e. The van der Waals surface area contributed by atoms with Gasteiger partial charge in [0.05, 0.1) is 12.0 Å². The monoisotopic (exact) mass is 338 g/mol. The van der Waals surface area contributed by atoms with Gasteiger partial charge in [0.1, 0.15) is 17.1 Å². The van der Waals surface area contributed by atoms with E-state index < -0.39 is 22.3 Å². The summed E-state index contributed by atoms with van der Waals surface area (Å²) in [7, 11) is 1.10. The summed E-state index contributed by atoms with van der Waals surface area (Å²) < 4.78 is 18.6. The number of carbonyl (C=O) groups is 1. The average Bonchev–Trinajstić information content (AvgIpc) is 2.44. The van der Waals surface area contributed by atoms with Crippen molar-refractivity contribution < 1.29 is 18.8 Å². The zero-order valence-corrected chi connectivity index (χ0v) is 14.4. The number of nitro groups is 1. The molecule has 6 nitrogen and oxygen atoms in total. The summed E-state index contributed by atoms with van der Waals surface area (Å²) in [5.74, 6) is -1.29.